The van der Waals surface area contributed by atoms with Crippen molar-refractivity contribution in [3.63, 3.8) is 0 Å². The predicted molar refractivity (Wildman–Crippen MR) is 76.0 cm³/mol. The second kappa shape index (κ2) is 6.20. The van der Waals surface area contributed by atoms with Crippen LogP contribution in [0.25, 0.3) is 5.69 Å². The Morgan fingerprint density at radius 2 is 2.20 bits per heavy atom. The Morgan fingerprint density at radius 3 is 2.85 bits per heavy atom. The van der Waals surface area contributed by atoms with E-state index in [1.165, 1.54) is 0 Å². The molecule has 1 heterocycles. The van der Waals surface area contributed by atoms with E-state index in [-0.39, 0.29) is 0 Å². The maximum absolute atomic E-state index is 9.16. The fraction of sp³-hybridized carbons (Fsp3) is 0.400. The molecule has 0 N–H and O–H groups in total. The smallest absolute Gasteiger partial charge is 0.186 e. The Balaban J connectivity index is 2.55. The standard InChI is InChI=1S/C15H18N4O/c1-4-5-6-13-12(10-16)17-18-19(13)14-9-11(2)7-8-15(14)20-3/h7-9H,4-6H2,1-3H3. The first kappa shape index (κ1) is 14.1. The second-order valence-corrected chi connectivity index (χ2v) is 4.69. The van der Waals surface area contributed by atoms with Crippen LogP contribution in [-0.4, -0.2) is 22.1 Å². The zero-order valence-corrected chi connectivity index (χ0v) is 12.1. The average Bonchev–Trinajstić information content (AvgIpc) is 2.87. The molecule has 0 bridgehead atoms. The van der Waals surface area contributed by atoms with Crippen LogP contribution in [0.4, 0.5) is 0 Å². The Labute approximate surface area is 118 Å². The third-order valence-electron chi connectivity index (χ3n) is 3.20. The summed E-state index contributed by atoms with van der Waals surface area (Å²) in [6.45, 7) is 4.13. The highest BCUT2D eigenvalue weighted by atomic mass is 16.5. The molecular weight excluding hydrogens is 252 g/mol. The van der Waals surface area contributed by atoms with Crippen LogP contribution >= 0.6 is 0 Å². The Hall–Kier alpha value is -2.35. The third-order valence-corrected chi connectivity index (χ3v) is 3.20. The molecule has 104 valence electrons. The van der Waals surface area contributed by atoms with E-state index in [1.54, 1.807) is 11.8 Å². The Kier molecular flexibility index (Phi) is 4.36. The third kappa shape index (κ3) is 2.64. The molecule has 5 heteroatoms. The Morgan fingerprint density at radius 1 is 1.40 bits per heavy atom. The van der Waals surface area contributed by atoms with Gasteiger partial charge in [-0.2, -0.15) is 5.26 Å². The first-order valence-electron chi connectivity index (χ1n) is 6.71. The number of benzene rings is 1. The topological polar surface area (TPSA) is 63.7 Å². The summed E-state index contributed by atoms with van der Waals surface area (Å²) in [4.78, 5) is 0. The number of methoxy groups -OCH3 is 1. The number of nitriles is 1. The molecule has 0 unspecified atom stereocenters. The molecule has 0 amide bonds. The first-order valence-corrected chi connectivity index (χ1v) is 6.71. The van der Waals surface area contributed by atoms with E-state index in [9.17, 15) is 0 Å². The van der Waals surface area contributed by atoms with E-state index in [4.69, 9.17) is 10.00 Å². The number of hydrogen-bond acceptors (Lipinski definition) is 4. The fourth-order valence-corrected chi connectivity index (χ4v) is 2.12. The summed E-state index contributed by atoms with van der Waals surface area (Å²) in [5.41, 5.74) is 3.17. The van der Waals surface area contributed by atoms with Gasteiger partial charge in [-0.1, -0.05) is 24.6 Å². The Bertz CT molecular complexity index is 640. The van der Waals surface area contributed by atoms with Gasteiger partial charge in [0, 0.05) is 0 Å². The molecule has 0 spiro atoms. The summed E-state index contributed by atoms with van der Waals surface area (Å²) < 4.78 is 7.11. The molecule has 0 aliphatic rings. The summed E-state index contributed by atoms with van der Waals surface area (Å²) in [5.74, 6) is 0.725. The van der Waals surface area contributed by atoms with Crippen molar-refractivity contribution in [1.82, 2.24) is 15.0 Å². The molecule has 1 aromatic carbocycles. The van der Waals surface area contributed by atoms with Gasteiger partial charge in [0.15, 0.2) is 5.69 Å². The zero-order chi connectivity index (χ0) is 14.5. The molecule has 0 saturated carbocycles. The molecule has 1 aromatic heterocycles. The van der Waals surface area contributed by atoms with E-state index < -0.39 is 0 Å². The summed E-state index contributed by atoms with van der Waals surface area (Å²) in [5, 5.41) is 17.3. The number of nitrogens with zero attached hydrogens (tertiary/aromatic N) is 4. The van der Waals surface area contributed by atoms with Crippen LogP contribution < -0.4 is 4.74 Å². The number of hydrogen-bond donors (Lipinski definition) is 0. The van der Waals surface area contributed by atoms with Gasteiger partial charge in [0.1, 0.15) is 17.5 Å². The van der Waals surface area contributed by atoms with Crippen molar-refractivity contribution in [3.8, 4) is 17.5 Å². The highest BCUT2D eigenvalue weighted by Crippen LogP contribution is 2.25. The molecule has 0 aliphatic heterocycles. The van der Waals surface area contributed by atoms with E-state index >= 15 is 0 Å². The van der Waals surface area contributed by atoms with Gasteiger partial charge in [0.2, 0.25) is 0 Å². The molecule has 0 atom stereocenters. The van der Waals surface area contributed by atoms with E-state index in [1.807, 2.05) is 25.1 Å². The average molecular weight is 270 g/mol. The van der Waals surface area contributed by atoms with Crippen LogP contribution in [0.5, 0.6) is 5.75 Å². The lowest BCUT2D eigenvalue weighted by molar-refractivity contribution is 0.410. The maximum Gasteiger partial charge on any atom is 0.186 e. The summed E-state index contributed by atoms with van der Waals surface area (Å²) in [7, 11) is 1.63. The molecule has 0 aliphatic carbocycles. The summed E-state index contributed by atoms with van der Waals surface area (Å²) in [6, 6.07) is 7.99. The first-order chi connectivity index (χ1) is 9.71. The van der Waals surface area contributed by atoms with Gasteiger partial charge in [-0.15, -0.1) is 5.10 Å². The quantitative estimate of drug-likeness (QED) is 0.838. The SMILES string of the molecule is CCCCc1c(C#N)nnn1-c1cc(C)ccc1OC. The monoisotopic (exact) mass is 270 g/mol. The largest absolute Gasteiger partial charge is 0.494 e. The van der Waals surface area contributed by atoms with Crippen LogP contribution in [0.3, 0.4) is 0 Å². The fourth-order valence-electron chi connectivity index (χ4n) is 2.12. The molecule has 5 nitrogen and oxygen atoms in total. The maximum atomic E-state index is 9.16. The van der Waals surface area contributed by atoms with Crippen molar-refractivity contribution in [1.29, 1.82) is 5.26 Å². The number of ether oxygens (including phenoxy) is 1. The summed E-state index contributed by atoms with van der Waals surface area (Å²) in [6.07, 6.45) is 2.83. The number of aryl methyl sites for hydroxylation is 1. The minimum atomic E-state index is 0.391. The van der Waals surface area contributed by atoms with E-state index in [0.29, 0.717) is 5.69 Å². The normalized spacial score (nSPS) is 10.3. The minimum Gasteiger partial charge on any atom is -0.494 e. The van der Waals surface area contributed by atoms with E-state index in [2.05, 4.69) is 23.3 Å². The van der Waals surface area contributed by atoms with Crippen molar-refractivity contribution >= 4 is 0 Å². The van der Waals surface area contributed by atoms with Crippen LogP contribution in [0.2, 0.25) is 0 Å². The zero-order valence-electron chi connectivity index (χ0n) is 12.1. The van der Waals surface area contributed by atoms with E-state index in [0.717, 1.165) is 42.0 Å². The minimum absolute atomic E-state index is 0.391. The van der Waals surface area contributed by atoms with Gasteiger partial charge in [-0.05, 0) is 37.5 Å². The lowest BCUT2D eigenvalue weighted by Crippen LogP contribution is -2.05. The molecule has 0 fully saturated rings. The highest BCUT2D eigenvalue weighted by Gasteiger charge is 2.16. The summed E-state index contributed by atoms with van der Waals surface area (Å²) >= 11 is 0. The number of aromatic nitrogens is 3. The van der Waals surface area contributed by atoms with Crippen LogP contribution in [-0.2, 0) is 6.42 Å². The lowest BCUT2D eigenvalue weighted by Gasteiger charge is -2.11. The van der Waals surface area contributed by atoms with Crippen molar-refractivity contribution in [2.75, 3.05) is 7.11 Å². The van der Waals surface area contributed by atoms with Gasteiger partial charge in [0.25, 0.3) is 0 Å². The van der Waals surface area contributed by atoms with Crippen molar-refractivity contribution in [3.05, 3.63) is 35.2 Å². The molecule has 20 heavy (non-hydrogen) atoms. The van der Waals surface area contributed by atoms with Crippen LogP contribution in [0, 0.1) is 18.3 Å². The molecule has 2 aromatic rings. The van der Waals surface area contributed by atoms with Crippen molar-refractivity contribution in [2.24, 2.45) is 0 Å². The molecule has 2 rings (SSSR count). The molecule has 0 radical (unpaired) electrons. The highest BCUT2D eigenvalue weighted by molar-refractivity contribution is 5.50. The number of rotatable bonds is 5. The number of unbranched alkanes of at least 4 members (excludes halogenated alkanes) is 1. The van der Waals surface area contributed by atoms with Gasteiger partial charge >= 0.3 is 0 Å². The van der Waals surface area contributed by atoms with Crippen LogP contribution in [0.1, 0.15) is 36.7 Å². The van der Waals surface area contributed by atoms with Gasteiger partial charge < -0.3 is 4.74 Å². The van der Waals surface area contributed by atoms with Gasteiger partial charge in [0.05, 0.1) is 12.8 Å². The lowest BCUT2D eigenvalue weighted by atomic mass is 10.1. The predicted octanol–water partition coefficient (Wildman–Crippen LogP) is 2.80. The molecular formula is C15H18N4O. The van der Waals surface area contributed by atoms with Crippen molar-refractivity contribution < 1.29 is 4.74 Å². The van der Waals surface area contributed by atoms with Gasteiger partial charge in [-0.25, -0.2) is 4.68 Å². The molecule has 0 saturated heterocycles. The van der Waals surface area contributed by atoms with Gasteiger partial charge in [-0.3, -0.25) is 0 Å². The van der Waals surface area contributed by atoms with Crippen molar-refractivity contribution in [2.45, 2.75) is 33.1 Å². The second-order valence-electron chi connectivity index (χ2n) is 4.69. The van der Waals surface area contributed by atoms with Crippen LogP contribution in [0.15, 0.2) is 18.2 Å².